The number of amides is 1. The van der Waals surface area contributed by atoms with E-state index in [2.05, 4.69) is 5.32 Å². The normalized spacial score (nSPS) is 10.0. The third-order valence-corrected chi connectivity index (χ3v) is 3.04. The first-order chi connectivity index (χ1) is 11.0. The van der Waals surface area contributed by atoms with Gasteiger partial charge in [-0.2, -0.15) is 5.26 Å². The van der Waals surface area contributed by atoms with Crippen LogP contribution in [0.5, 0.6) is 11.5 Å². The second-order valence-electron chi connectivity index (χ2n) is 5.18. The molecule has 23 heavy (non-hydrogen) atoms. The van der Waals surface area contributed by atoms with Gasteiger partial charge in [0.05, 0.1) is 24.8 Å². The summed E-state index contributed by atoms with van der Waals surface area (Å²) in [7, 11) is 1.53. The molecular formula is C18H18N2O3. The summed E-state index contributed by atoms with van der Waals surface area (Å²) in [6, 6.07) is 13.8. The average Bonchev–Trinajstić information content (AvgIpc) is 2.54. The van der Waals surface area contributed by atoms with E-state index < -0.39 is 0 Å². The predicted molar refractivity (Wildman–Crippen MR) is 87.9 cm³/mol. The minimum Gasteiger partial charge on any atom is -0.493 e. The lowest BCUT2D eigenvalue weighted by atomic mass is 10.1. The number of hydrogen-bond donors (Lipinski definition) is 1. The summed E-state index contributed by atoms with van der Waals surface area (Å²) in [6.45, 7) is 3.84. The molecule has 0 unspecified atom stereocenters. The summed E-state index contributed by atoms with van der Waals surface area (Å²) in [4.78, 5) is 12.3. The Hall–Kier alpha value is -3.00. The van der Waals surface area contributed by atoms with Crippen molar-refractivity contribution in [1.29, 1.82) is 5.26 Å². The SMILES string of the molecule is COc1cc(C(=O)Nc2cccc(C#N)c2)ccc1OC(C)C. The number of ether oxygens (including phenoxy) is 2. The summed E-state index contributed by atoms with van der Waals surface area (Å²) >= 11 is 0. The first-order valence-corrected chi connectivity index (χ1v) is 7.19. The van der Waals surface area contributed by atoms with Crippen molar-refractivity contribution in [2.45, 2.75) is 20.0 Å². The van der Waals surface area contributed by atoms with Crippen LogP contribution < -0.4 is 14.8 Å². The van der Waals surface area contributed by atoms with Gasteiger partial charge >= 0.3 is 0 Å². The Kier molecular flexibility index (Phi) is 5.21. The maximum Gasteiger partial charge on any atom is 0.255 e. The summed E-state index contributed by atoms with van der Waals surface area (Å²) in [5, 5.41) is 11.6. The van der Waals surface area contributed by atoms with Crippen LogP contribution in [0.3, 0.4) is 0 Å². The Morgan fingerprint density at radius 1 is 1.17 bits per heavy atom. The summed E-state index contributed by atoms with van der Waals surface area (Å²) in [6.07, 6.45) is 0.0114. The molecule has 5 nitrogen and oxygen atoms in total. The zero-order valence-electron chi connectivity index (χ0n) is 13.3. The molecule has 118 valence electrons. The highest BCUT2D eigenvalue weighted by Gasteiger charge is 2.12. The third kappa shape index (κ3) is 4.24. The molecule has 0 saturated carbocycles. The minimum absolute atomic E-state index is 0.0114. The average molecular weight is 310 g/mol. The van der Waals surface area contributed by atoms with Crippen molar-refractivity contribution < 1.29 is 14.3 Å². The largest absolute Gasteiger partial charge is 0.493 e. The molecule has 0 spiro atoms. The maximum absolute atomic E-state index is 12.3. The Morgan fingerprint density at radius 3 is 2.61 bits per heavy atom. The van der Waals surface area contributed by atoms with Crippen molar-refractivity contribution in [2.24, 2.45) is 0 Å². The number of nitrogens with one attached hydrogen (secondary N) is 1. The van der Waals surface area contributed by atoms with E-state index in [-0.39, 0.29) is 12.0 Å². The van der Waals surface area contributed by atoms with Crippen LogP contribution in [0.2, 0.25) is 0 Å². The monoisotopic (exact) mass is 310 g/mol. The first kappa shape index (κ1) is 16.4. The van der Waals surface area contributed by atoms with Gasteiger partial charge in [-0.1, -0.05) is 6.07 Å². The van der Waals surface area contributed by atoms with E-state index in [0.29, 0.717) is 28.3 Å². The molecule has 0 radical (unpaired) electrons. The Bertz CT molecular complexity index is 748. The van der Waals surface area contributed by atoms with Crippen molar-refractivity contribution in [1.82, 2.24) is 0 Å². The molecular weight excluding hydrogens is 292 g/mol. The molecule has 5 heteroatoms. The number of hydrogen-bond acceptors (Lipinski definition) is 4. The van der Waals surface area contributed by atoms with E-state index in [1.54, 1.807) is 42.5 Å². The number of carbonyl (C=O) groups is 1. The van der Waals surface area contributed by atoms with E-state index in [4.69, 9.17) is 14.7 Å². The van der Waals surface area contributed by atoms with Crippen LogP contribution in [0.1, 0.15) is 29.8 Å². The standard InChI is InChI=1S/C18H18N2O3/c1-12(2)23-16-8-7-14(10-17(16)22-3)18(21)20-15-6-4-5-13(9-15)11-19/h4-10,12H,1-3H3,(H,20,21). The second-order valence-corrected chi connectivity index (χ2v) is 5.18. The molecule has 2 rings (SSSR count). The van der Waals surface area contributed by atoms with E-state index in [1.807, 2.05) is 19.9 Å². The fourth-order valence-electron chi connectivity index (χ4n) is 2.03. The van der Waals surface area contributed by atoms with Crippen LogP contribution in [-0.2, 0) is 0 Å². The van der Waals surface area contributed by atoms with Crippen molar-refractivity contribution in [2.75, 3.05) is 12.4 Å². The molecule has 0 saturated heterocycles. The van der Waals surface area contributed by atoms with E-state index in [0.717, 1.165) is 0 Å². The van der Waals surface area contributed by atoms with Gasteiger partial charge in [0, 0.05) is 11.3 Å². The van der Waals surface area contributed by atoms with Gasteiger partial charge in [-0.15, -0.1) is 0 Å². The van der Waals surface area contributed by atoms with Gasteiger partial charge < -0.3 is 14.8 Å². The van der Waals surface area contributed by atoms with E-state index in [9.17, 15) is 4.79 Å². The number of methoxy groups -OCH3 is 1. The molecule has 0 heterocycles. The topological polar surface area (TPSA) is 71.3 Å². The van der Waals surface area contributed by atoms with Crippen LogP contribution in [0.25, 0.3) is 0 Å². The Balaban J connectivity index is 2.20. The van der Waals surface area contributed by atoms with Crippen LogP contribution in [0.15, 0.2) is 42.5 Å². The van der Waals surface area contributed by atoms with Gasteiger partial charge in [0.15, 0.2) is 11.5 Å². The lowest BCUT2D eigenvalue weighted by Gasteiger charge is -2.14. The number of nitriles is 1. The van der Waals surface area contributed by atoms with Crippen LogP contribution >= 0.6 is 0 Å². The van der Waals surface area contributed by atoms with Gasteiger partial charge in [-0.3, -0.25) is 4.79 Å². The smallest absolute Gasteiger partial charge is 0.255 e. The van der Waals surface area contributed by atoms with Crippen LogP contribution in [-0.4, -0.2) is 19.1 Å². The van der Waals surface area contributed by atoms with Crippen LogP contribution in [0.4, 0.5) is 5.69 Å². The zero-order chi connectivity index (χ0) is 16.8. The van der Waals surface area contributed by atoms with E-state index in [1.165, 1.54) is 7.11 Å². The molecule has 0 atom stereocenters. The molecule has 1 amide bonds. The van der Waals surface area contributed by atoms with Gasteiger partial charge in [0.1, 0.15) is 0 Å². The highest BCUT2D eigenvalue weighted by Crippen LogP contribution is 2.29. The molecule has 2 aromatic carbocycles. The number of carbonyl (C=O) groups excluding carboxylic acids is 1. The highest BCUT2D eigenvalue weighted by atomic mass is 16.5. The van der Waals surface area contributed by atoms with Crippen LogP contribution in [0, 0.1) is 11.3 Å². The number of rotatable bonds is 5. The molecule has 0 aliphatic heterocycles. The second kappa shape index (κ2) is 7.32. The lowest BCUT2D eigenvalue weighted by Crippen LogP contribution is -2.13. The molecule has 0 aromatic heterocycles. The van der Waals surface area contributed by atoms with Crippen molar-refractivity contribution >= 4 is 11.6 Å². The summed E-state index contributed by atoms with van der Waals surface area (Å²) < 4.78 is 10.9. The lowest BCUT2D eigenvalue weighted by molar-refractivity contribution is 0.102. The van der Waals surface area contributed by atoms with Gasteiger partial charge in [0.25, 0.3) is 5.91 Å². The fourth-order valence-corrected chi connectivity index (χ4v) is 2.03. The Labute approximate surface area is 135 Å². The predicted octanol–water partition coefficient (Wildman–Crippen LogP) is 3.61. The first-order valence-electron chi connectivity index (χ1n) is 7.19. The Morgan fingerprint density at radius 2 is 1.96 bits per heavy atom. The quantitative estimate of drug-likeness (QED) is 0.915. The molecule has 0 bridgehead atoms. The van der Waals surface area contributed by atoms with Crippen molar-refractivity contribution in [3.05, 3.63) is 53.6 Å². The minimum atomic E-state index is -0.283. The summed E-state index contributed by atoms with van der Waals surface area (Å²) in [5.41, 5.74) is 1.50. The van der Waals surface area contributed by atoms with Gasteiger partial charge in [-0.05, 0) is 50.2 Å². The molecule has 0 aliphatic carbocycles. The maximum atomic E-state index is 12.3. The number of anilines is 1. The van der Waals surface area contributed by atoms with Gasteiger partial charge in [-0.25, -0.2) is 0 Å². The molecule has 0 fully saturated rings. The molecule has 1 N–H and O–H groups in total. The molecule has 0 aliphatic rings. The third-order valence-electron chi connectivity index (χ3n) is 3.04. The van der Waals surface area contributed by atoms with Gasteiger partial charge in [0.2, 0.25) is 0 Å². The fraction of sp³-hybridized carbons (Fsp3) is 0.222. The van der Waals surface area contributed by atoms with Crippen molar-refractivity contribution in [3.63, 3.8) is 0 Å². The molecule has 2 aromatic rings. The number of nitrogens with zero attached hydrogens (tertiary/aromatic N) is 1. The zero-order valence-corrected chi connectivity index (χ0v) is 13.3. The highest BCUT2D eigenvalue weighted by molar-refractivity contribution is 6.04. The van der Waals surface area contributed by atoms with E-state index >= 15 is 0 Å². The van der Waals surface area contributed by atoms with Crippen molar-refractivity contribution in [3.8, 4) is 17.6 Å². The summed E-state index contributed by atoms with van der Waals surface area (Å²) in [5.74, 6) is 0.803. The number of benzene rings is 2.